The van der Waals surface area contributed by atoms with Gasteiger partial charge in [-0.25, -0.2) is 4.98 Å². The maximum absolute atomic E-state index is 12.2. The minimum Gasteiger partial charge on any atom is -0.391 e. The highest BCUT2D eigenvalue weighted by Gasteiger charge is 2.24. The molecule has 1 fully saturated rings. The van der Waals surface area contributed by atoms with E-state index in [1.54, 1.807) is 18.5 Å². The van der Waals surface area contributed by atoms with Gasteiger partial charge < -0.3 is 15.0 Å². The molecule has 0 amide bonds. The van der Waals surface area contributed by atoms with E-state index in [-0.39, 0.29) is 18.4 Å². The van der Waals surface area contributed by atoms with Gasteiger partial charge in [0.15, 0.2) is 5.78 Å². The Labute approximate surface area is 127 Å². The molecule has 0 saturated carbocycles. The molecule has 1 saturated heterocycles. The summed E-state index contributed by atoms with van der Waals surface area (Å²) < 4.78 is 1.82. The number of carbonyl (C=O) groups excluding carboxylic acids is 1. The van der Waals surface area contributed by atoms with Gasteiger partial charge in [-0.2, -0.15) is 0 Å². The number of carbonyl (C=O) groups is 1. The summed E-state index contributed by atoms with van der Waals surface area (Å²) in [6.45, 7) is 1.13. The van der Waals surface area contributed by atoms with Gasteiger partial charge in [0, 0.05) is 17.5 Å². The molecule has 2 N–H and O–H groups in total. The van der Waals surface area contributed by atoms with Crippen LogP contribution in [0.1, 0.15) is 19.3 Å². The van der Waals surface area contributed by atoms with Gasteiger partial charge >= 0.3 is 0 Å². The van der Waals surface area contributed by atoms with E-state index in [4.69, 9.17) is 11.6 Å². The zero-order valence-corrected chi connectivity index (χ0v) is 12.4. The van der Waals surface area contributed by atoms with E-state index in [1.165, 1.54) is 0 Å². The zero-order valence-electron chi connectivity index (χ0n) is 11.6. The fraction of sp³-hybridized carbons (Fsp3) is 0.467. The quantitative estimate of drug-likeness (QED) is 0.903. The first-order chi connectivity index (χ1) is 10.1. The van der Waals surface area contributed by atoms with Crippen molar-refractivity contribution in [2.45, 2.75) is 38.0 Å². The number of nitrogens with zero attached hydrogens (tertiary/aromatic N) is 2. The predicted molar refractivity (Wildman–Crippen MR) is 81.4 cm³/mol. The SMILES string of the molecule is O=C(C[C@H]1NCCC[C@@H]1O)Cn1cnc2cc(Cl)ccc21. The Morgan fingerprint density at radius 3 is 3.19 bits per heavy atom. The number of fused-ring (bicyclic) bond motifs is 1. The highest BCUT2D eigenvalue weighted by Crippen LogP contribution is 2.19. The van der Waals surface area contributed by atoms with Crippen molar-refractivity contribution >= 4 is 28.4 Å². The van der Waals surface area contributed by atoms with Crippen molar-refractivity contribution in [3.05, 3.63) is 29.5 Å². The Morgan fingerprint density at radius 1 is 1.52 bits per heavy atom. The van der Waals surface area contributed by atoms with Crippen LogP contribution in [0, 0.1) is 0 Å². The summed E-state index contributed by atoms with van der Waals surface area (Å²) in [5.41, 5.74) is 1.68. The minimum atomic E-state index is -0.430. The van der Waals surface area contributed by atoms with Crippen LogP contribution in [0.15, 0.2) is 24.5 Å². The molecule has 3 rings (SSSR count). The lowest BCUT2D eigenvalue weighted by molar-refractivity contribution is -0.121. The molecule has 2 heterocycles. The number of rotatable bonds is 4. The van der Waals surface area contributed by atoms with Crippen LogP contribution in [0.25, 0.3) is 11.0 Å². The molecule has 0 radical (unpaired) electrons. The molecule has 0 bridgehead atoms. The third kappa shape index (κ3) is 3.26. The lowest BCUT2D eigenvalue weighted by Crippen LogP contribution is -2.46. The van der Waals surface area contributed by atoms with Crippen molar-refractivity contribution < 1.29 is 9.90 Å². The molecule has 2 aromatic rings. The van der Waals surface area contributed by atoms with Gasteiger partial charge in [-0.3, -0.25) is 4.79 Å². The number of aromatic nitrogens is 2. The number of aliphatic hydroxyl groups excluding tert-OH is 1. The third-order valence-corrected chi connectivity index (χ3v) is 4.16. The highest BCUT2D eigenvalue weighted by atomic mass is 35.5. The second-order valence-corrected chi connectivity index (χ2v) is 5.95. The average molecular weight is 308 g/mol. The number of piperidine rings is 1. The molecule has 6 heteroatoms. The fourth-order valence-electron chi connectivity index (χ4n) is 2.81. The first-order valence-corrected chi connectivity index (χ1v) is 7.55. The molecule has 21 heavy (non-hydrogen) atoms. The Bertz CT molecular complexity index is 655. The molecule has 112 valence electrons. The second-order valence-electron chi connectivity index (χ2n) is 5.52. The number of hydrogen-bond donors (Lipinski definition) is 2. The average Bonchev–Trinajstić information content (AvgIpc) is 2.83. The van der Waals surface area contributed by atoms with Crippen molar-refractivity contribution in [3.63, 3.8) is 0 Å². The smallest absolute Gasteiger partial charge is 0.154 e. The van der Waals surface area contributed by atoms with Crippen LogP contribution in [-0.2, 0) is 11.3 Å². The number of halogens is 1. The normalized spacial score (nSPS) is 22.6. The number of Topliss-reactive ketones (excluding diaryl/α,β-unsaturated/α-hetero) is 1. The summed E-state index contributed by atoms with van der Waals surface area (Å²) >= 11 is 5.93. The summed E-state index contributed by atoms with van der Waals surface area (Å²) in [5, 5.41) is 13.7. The maximum Gasteiger partial charge on any atom is 0.154 e. The van der Waals surface area contributed by atoms with Crippen LogP contribution < -0.4 is 5.32 Å². The third-order valence-electron chi connectivity index (χ3n) is 3.93. The first kappa shape index (κ1) is 14.5. The van der Waals surface area contributed by atoms with Crippen LogP contribution in [0.2, 0.25) is 5.02 Å². The van der Waals surface area contributed by atoms with E-state index in [1.807, 2.05) is 10.6 Å². The molecule has 1 aliphatic rings. The molecule has 1 aromatic heterocycles. The molecule has 1 aromatic carbocycles. The Morgan fingerprint density at radius 2 is 2.38 bits per heavy atom. The van der Waals surface area contributed by atoms with E-state index >= 15 is 0 Å². The lowest BCUT2D eigenvalue weighted by Gasteiger charge is -2.28. The van der Waals surface area contributed by atoms with E-state index < -0.39 is 6.10 Å². The van der Waals surface area contributed by atoms with E-state index in [2.05, 4.69) is 10.3 Å². The van der Waals surface area contributed by atoms with Crippen LogP contribution in [-0.4, -0.2) is 39.1 Å². The van der Waals surface area contributed by atoms with Gasteiger partial charge in [-0.05, 0) is 37.6 Å². The number of ketones is 1. The summed E-state index contributed by atoms with van der Waals surface area (Å²) in [7, 11) is 0. The van der Waals surface area contributed by atoms with Crippen LogP contribution in [0.5, 0.6) is 0 Å². The van der Waals surface area contributed by atoms with Gasteiger partial charge in [-0.15, -0.1) is 0 Å². The number of imidazole rings is 1. The van der Waals surface area contributed by atoms with Crippen LogP contribution in [0.3, 0.4) is 0 Å². The summed E-state index contributed by atoms with van der Waals surface area (Å²) in [6, 6.07) is 5.31. The van der Waals surface area contributed by atoms with Crippen molar-refractivity contribution in [1.29, 1.82) is 0 Å². The summed E-state index contributed by atoms with van der Waals surface area (Å²) in [4.78, 5) is 16.5. The molecule has 2 atom stereocenters. The number of nitrogens with one attached hydrogen (secondary N) is 1. The number of benzene rings is 1. The molecule has 1 aliphatic heterocycles. The molecule has 0 aliphatic carbocycles. The zero-order chi connectivity index (χ0) is 14.8. The number of aliphatic hydroxyl groups is 1. The van der Waals surface area contributed by atoms with E-state index in [9.17, 15) is 9.90 Å². The maximum atomic E-state index is 12.2. The van der Waals surface area contributed by atoms with Crippen molar-refractivity contribution in [3.8, 4) is 0 Å². The Hall–Kier alpha value is -1.43. The minimum absolute atomic E-state index is 0.0858. The lowest BCUT2D eigenvalue weighted by atomic mass is 9.97. The van der Waals surface area contributed by atoms with Crippen molar-refractivity contribution in [2.75, 3.05) is 6.54 Å². The standard InChI is InChI=1S/C15H18ClN3O2/c16-10-3-4-14-12(6-10)18-9-19(14)8-11(20)7-13-15(21)2-1-5-17-13/h3-4,6,9,13,15,17,21H,1-2,5,7-8H2/t13-,15+/m1/s1. The van der Waals surface area contributed by atoms with E-state index in [0.29, 0.717) is 11.4 Å². The van der Waals surface area contributed by atoms with Gasteiger partial charge in [0.2, 0.25) is 0 Å². The van der Waals surface area contributed by atoms with Crippen LogP contribution in [0.4, 0.5) is 0 Å². The molecular weight excluding hydrogens is 290 g/mol. The van der Waals surface area contributed by atoms with Gasteiger partial charge in [0.05, 0.1) is 30.0 Å². The summed E-state index contributed by atoms with van der Waals surface area (Å²) in [5.74, 6) is 0.0858. The van der Waals surface area contributed by atoms with Gasteiger partial charge in [0.1, 0.15) is 0 Å². The Kier molecular flexibility index (Phi) is 4.24. The van der Waals surface area contributed by atoms with E-state index in [0.717, 1.165) is 30.4 Å². The van der Waals surface area contributed by atoms with Gasteiger partial charge in [0.25, 0.3) is 0 Å². The molecule has 5 nitrogen and oxygen atoms in total. The predicted octanol–water partition coefficient (Wildman–Crippen LogP) is 1.76. The highest BCUT2D eigenvalue weighted by molar-refractivity contribution is 6.31. The molecule has 0 unspecified atom stereocenters. The Balaban J connectivity index is 1.68. The van der Waals surface area contributed by atoms with Crippen molar-refractivity contribution in [2.24, 2.45) is 0 Å². The van der Waals surface area contributed by atoms with Crippen LogP contribution >= 0.6 is 11.6 Å². The number of hydrogen-bond acceptors (Lipinski definition) is 4. The topological polar surface area (TPSA) is 67.2 Å². The molecular formula is C15H18ClN3O2. The molecule has 0 spiro atoms. The largest absolute Gasteiger partial charge is 0.391 e. The second kappa shape index (κ2) is 6.13. The summed E-state index contributed by atoms with van der Waals surface area (Å²) in [6.07, 6.45) is 3.29. The fourth-order valence-corrected chi connectivity index (χ4v) is 2.97. The van der Waals surface area contributed by atoms with Gasteiger partial charge in [-0.1, -0.05) is 11.6 Å². The monoisotopic (exact) mass is 307 g/mol. The first-order valence-electron chi connectivity index (χ1n) is 7.17. The van der Waals surface area contributed by atoms with Crippen molar-refractivity contribution in [1.82, 2.24) is 14.9 Å².